The van der Waals surface area contributed by atoms with Crippen molar-refractivity contribution in [1.29, 1.82) is 0 Å². The van der Waals surface area contributed by atoms with Gasteiger partial charge < -0.3 is 15.2 Å². The number of rotatable bonds is 7. The third-order valence-corrected chi connectivity index (χ3v) is 4.21. The predicted octanol–water partition coefficient (Wildman–Crippen LogP) is 1.97. The van der Waals surface area contributed by atoms with E-state index in [0.29, 0.717) is 11.0 Å². The largest absolute Gasteiger partial charge is 0.491 e. The minimum atomic E-state index is -4.44. The summed E-state index contributed by atoms with van der Waals surface area (Å²) >= 11 is 0. The van der Waals surface area contributed by atoms with Gasteiger partial charge in [-0.1, -0.05) is 12.1 Å². The smallest absolute Gasteiger partial charge is 0.416 e. The molecule has 0 saturated carbocycles. The van der Waals surface area contributed by atoms with Gasteiger partial charge >= 0.3 is 6.18 Å². The van der Waals surface area contributed by atoms with Crippen LogP contribution in [-0.2, 0) is 17.5 Å². The highest BCUT2D eigenvalue weighted by Gasteiger charge is 2.30. The Hall–Kier alpha value is -3.40. The summed E-state index contributed by atoms with van der Waals surface area (Å²) < 4.78 is 44.1. The molecule has 0 radical (unpaired) electrons. The van der Waals surface area contributed by atoms with Crippen molar-refractivity contribution in [2.24, 2.45) is 0 Å². The summed E-state index contributed by atoms with van der Waals surface area (Å²) in [6.45, 7) is -0.643. The second kappa shape index (κ2) is 8.95. The van der Waals surface area contributed by atoms with Crippen LogP contribution < -0.4 is 15.6 Å². The minimum Gasteiger partial charge on any atom is -0.491 e. The van der Waals surface area contributed by atoms with Gasteiger partial charge in [0.2, 0.25) is 5.91 Å². The van der Waals surface area contributed by atoms with E-state index in [1.165, 1.54) is 4.57 Å². The maximum Gasteiger partial charge on any atom is 0.416 e. The molecule has 1 aromatic heterocycles. The summed E-state index contributed by atoms with van der Waals surface area (Å²) in [5.74, 6) is -0.342. The van der Waals surface area contributed by atoms with Gasteiger partial charge in [0.1, 0.15) is 25.0 Å². The Morgan fingerprint density at radius 1 is 1.17 bits per heavy atom. The second-order valence-electron chi connectivity index (χ2n) is 6.46. The normalized spacial score (nSPS) is 12.5. The average molecular weight is 421 g/mol. The van der Waals surface area contributed by atoms with Crippen LogP contribution in [-0.4, -0.2) is 39.8 Å². The third kappa shape index (κ3) is 5.35. The van der Waals surface area contributed by atoms with Crippen LogP contribution in [0.5, 0.6) is 5.75 Å². The van der Waals surface area contributed by atoms with Gasteiger partial charge in [-0.05, 0) is 36.4 Å². The van der Waals surface area contributed by atoms with Crippen LogP contribution in [0, 0.1) is 0 Å². The zero-order chi connectivity index (χ0) is 21.7. The fourth-order valence-corrected chi connectivity index (χ4v) is 2.70. The van der Waals surface area contributed by atoms with Crippen LogP contribution in [0.3, 0.4) is 0 Å². The number of amides is 1. The van der Waals surface area contributed by atoms with Crippen molar-refractivity contribution in [2.75, 3.05) is 13.2 Å². The van der Waals surface area contributed by atoms with Crippen LogP contribution in [0.4, 0.5) is 13.2 Å². The fraction of sp³-hybridized carbons (Fsp3) is 0.250. The molecule has 1 heterocycles. The van der Waals surface area contributed by atoms with Gasteiger partial charge in [0.05, 0.1) is 22.8 Å². The molecule has 1 atom stereocenters. The number of aliphatic hydroxyl groups is 1. The standard InChI is InChI=1S/C20H18F3N3O4/c21-20(22,23)13-5-7-15(8-6-13)30-12-14(27)9-25-18(28)11-26-17-4-2-1-3-16(17)24-10-19(26)29/h1-8,10,14,27H,9,11-12H2,(H,25,28). The summed E-state index contributed by atoms with van der Waals surface area (Å²) in [4.78, 5) is 28.2. The number of para-hydroxylation sites is 2. The number of hydrogen-bond donors (Lipinski definition) is 2. The van der Waals surface area contributed by atoms with E-state index in [4.69, 9.17) is 4.74 Å². The Kier molecular flexibility index (Phi) is 6.36. The average Bonchev–Trinajstić information content (AvgIpc) is 2.72. The third-order valence-electron chi connectivity index (χ3n) is 4.21. The van der Waals surface area contributed by atoms with E-state index in [0.717, 1.165) is 30.5 Å². The highest BCUT2D eigenvalue weighted by Crippen LogP contribution is 2.30. The molecular formula is C20H18F3N3O4. The predicted molar refractivity (Wildman–Crippen MR) is 102 cm³/mol. The molecule has 0 aliphatic rings. The first-order valence-electron chi connectivity index (χ1n) is 8.93. The van der Waals surface area contributed by atoms with Crippen molar-refractivity contribution in [1.82, 2.24) is 14.9 Å². The Bertz CT molecular complexity index is 1080. The molecule has 2 aromatic carbocycles. The number of alkyl halides is 3. The van der Waals surface area contributed by atoms with Crippen LogP contribution in [0.15, 0.2) is 59.5 Å². The Balaban J connectivity index is 1.51. The summed E-state index contributed by atoms with van der Waals surface area (Å²) in [7, 11) is 0. The topological polar surface area (TPSA) is 93.5 Å². The lowest BCUT2D eigenvalue weighted by atomic mass is 10.2. The molecule has 3 aromatic rings. The van der Waals surface area contributed by atoms with E-state index < -0.39 is 29.3 Å². The number of nitrogens with zero attached hydrogens (tertiary/aromatic N) is 2. The molecule has 0 spiro atoms. The molecule has 3 rings (SSSR count). The van der Waals surface area contributed by atoms with Gasteiger partial charge in [0, 0.05) is 6.54 Å². The zero-order valence-corrected chi connectivity index (χ0v) is 15.6. The maximum absolute atomic E-state index is 12.5. The Morgan fingerprint density at radius 2 is 1.87 bits per heavy atom. The monoisotopic (exact) mass is 421 g/mol. The van der Waals surface area contributed by atoms with Gasteiger partial charge in [0.15, 0.2) is 0 Å². The van der Waals surface area contributed by atoms with Crippen molar-refractivity contribution in [3.8, 4) is 5.75 Å². The number of carbonyl (C=O) groups excluding carboxylic acids is 1. The van der Waals surface area contributed by atoms with Crippen LogP contribution in [0.1, 0.15) is 5.56 Å². The molecular weight excluding hydrogens is 403 g/mol. The number of benzene rings is 2. The number of ether oxygens (including phenoxy) is 1. The Labute approximate surface area is 168 Å². The SMILES string of the molecule is O=C(Cn1c(=O)cnc2ccccc21)NCC(O)COc1ccc(C(F)(F)F)cc1. The fourth-order valence-electron chi connectivity index (χ4n) is 2.70. The molecule has 0 aliphatic heterocycles. The number of halogens is 3. The first-order chi connectivity index (χ1) is 14.2. The van der Waals surface area contributed by atoms with E-state index in [9.17, 15) is 27.9 Å². The summed E-state index contributed by atoms with van der Waals surface area (Å²) in [5, 5.41) is 12.4. The number of hydrogen-bond acceptors (Lipinski definition) is 5. The number of aromatic nitrogens is 2. The quantitative estimate of drug-likeness (QED) is 0.609. The molecule has 0 bridgehead atoms. The number of aliphatic hydroxyl groups excluding tert-OH is 1. The first-order valence-corrected chi connectivity index (χ1v) is 8.93. The first kappa shape index (κ1) is 21.3. The van der Waals surface area contributed by atoms with E-state index in [1.807, 2.05) is 0 Å². The van der Waals surface area contributed by atoms with Crippen LogP contribution in [0.25, 0.3) is 11.0 Å². The van der Waals surface area contributed by atoms with Gasteiger partial charge in [-0.15, -0.1) is 0 Å². The highest BCUT2D eigenvalue weighted by molar-refractivity contribution is 5.79. The molecule has 0 fully saturated rings. The molecule has 10 heteroatoms. The van der Waals surface area contributed by atoms with Gasteiger partial charge in [-0.3, -0.25) is 14.2 Å². The van der Waals surface area contributed by atoms with Crippen molar-refractivity contribution in [2.45, 2.75) is 18.8 Å². The summed E-state index contributed by atoms with van der Waals surface area (Å²) in [5.41, 5.74) is -0.169. The lowest BCUT2D eigenvalue weighted by Crippen LogP contribution is -2.38. The lowest BCUT2D eigenvalue weighted by molar-refractivity contribution is -0.137. The van der Waals surface area contributed by atoms with E-state index in [2.05, 4.69) is 10.3 Å². The maximum atomic E-state index is 12.5. The van der Waals surface area contributed by atoms with Crippen molar-refractivity contribution in [3.63, 3.8) is 0 Å². The molecule has 1 unspecified atom stereocenters. The number of carbonyl (C=O) groups is 1. The molecule has 1 amide bonds. The molecule has 2 N–H and O–H groups in total. The highest BCUT2D eigenvalue weighted by atomic mass is 19.4. The number of nitrogens with one attached hydrogen (secondary N) is 1. The summed E-state index contributed by atoms with van der Waals surface area (Å²) in [6, 6.07) is 10.9. The molecule has 0 aliphatic carbocycles. The molecule has 7 nitrogen and oxygen atoms in total. The Morgan fingerprint density at radius 3 is 2.57 bits per heavy atom. The van der Waals surface area contributed by atoms with E-state index >= 15 is 0 Å². The zero-order valence-electron chi connectivity index (χ0n) is 15.6. The minimum absolute atomic E-state index is 0.156. The molecule has 0 saturated heterocycles. The van der Waals surface area contributed by atoms with Gasteiger partial charge in [0.25, 0.3) is 5.56 Å². The van der Waals surface area contributed by atoms with Crippen molar-refractivity contribution < 1.29 is 27.8 Å². The van der Waals surface area contributed by atoms with E-state index in [1.54, 1.807) is 24.3 Å². The number of fused-ring (bicyclic) bond motifs is 1. The van der Waals surface area contributed by atoms with E-state index in [-0.39, 0.29) is 25.4 Å². The van der Waals surface area contributed by atoms with Crippen LogP contribution in [0.2, 0.25) is 0 Å². The summed E-state index contributed by atoms with van der Waals surface area (Å²) in [6.07, 6.45) is -4.41. The van der Waals surface area contributed by atoms with Gasteiger partial charge in [-0.25, -0.2) is 4.98 Å². The lowest BCUT2D eigenvalue weighted by Gasteiger charge is -2.15. The molecule has 158 valence electrons. The van der Waals surface area contributed by atoms with Crippen LogP contribution >= 0.6 is 0 Å². The van der Waals surface area contributed by atoms with Gasteiger partial charge in [-0.2, -0.15) is 13.2 Å². The molecule has 30 heavy (non-hydrogen) atoms. The van der Waals surface area contributed by atoms with Crippen molar-refractivity contribution in [3.05, 3.63) is 70.6 Å². The second-order valence-corrected chi connectivity index (χ2v) is 6.46. The van der Waals surface area contributed by atoms with Crippen molar-refractivity contribution >= 4 is 16.9 Å².